The molecule has 0 spiro atoms. The zero-order valence-corrected chi connectivity index (χ0v) is 12.5. The third-order valence-electron chi connectivity index (χ3n) is 2.84. The number of anilines is 2. The van der Waals surface area contributed by atoms with E-state index >= 15 is 0 Å². The van der Waals surface area contributed by atoms with E-state index in [0.29, 0.717) is 5.56 Å². The van der Waals surface area contributed by atoms with E-state index in [1.165, 1.54) is 19.2 Å². The zero-order chi connectivity index (χ0) is 15.9. The first-order valence-corrected chi connectivity index (χ1v) is 6.82. The lowest BCUT2D eigenvalue weighted by molar-refractivity contribution is -0.114. The molecule has 2 aromatic rings. The Morgan fingerprint density at radius 2 is 1.64 bits per heavy atom. The van der Waals surface area contributed by atoms with Crippen LogP contribution in [-0.4, -0.2) is 16.7 Å². The molecular formula is C17H17N3O2. The van der Waals surface area contributed by atoms with E-state index in [2.05, 4.69) is 15.6 Å². The van der Waals surface area contributed by atoms with Crippen LogP contribution in [0, 0.1) is 0 Å². The van der Waals surface area contributed by atoms with Crippen molar-refractivity contribution < 1.29 is 9.59 Å². The number of aromatic nitrogens is 1. The maximum absolute atomic E-state index is 12.0. The summed E-state index contributed by atoms with van der Waals surface area (Å²) in [5.41, 5.74) is 2.83. The minimum Gasteiger partial charge on any atom is -0.359 e. The molecule has 1 aromatic heterocycles. The van der Waals surface area contributed by atoms with Gasteiger partial charge in [-0.15, -0.1) is 0 Å². The average molecular weight is 295 g/mol. The number of allylic oxidation sites excluding steroid dienone is 2. The second-order valence-corrected chi connectivity index (χ2v) is 4.82. The third kappa shape index (κ3) is 4.56. The summed E-state index contributed by atoms with van der Waals surface area (Å²) in [5.74, 6) is -0.216. The number of hydrogen-bond donors (Lipinski definition) is 2. The molecule has 0 aliphatic carbocycles. The van der Waals surface area contributed by atoms with Gasteiger partial charge in [0.2, 0.25) is 5.91 Å². The highest BCUT2D eigenvalue weighted by Gasteiger charge is 2.03. The maximum atomic E-state index is 12.0. The van der Waals surface area contributed by atoms with E-state index in [9.17, 15) is 9.59 Å². The smallest absolute Gasteiger partial charge is 0.221 e. The Bertz CT molecular complexity index is 692. The molecule has 1 amide bonds. The van der Waals surface area contributed by atoms with E-state index in [4.69, 9.17) is 0 Å². The first-order valence-electron chi connectivity index (χ1n) is 6.82. The van der Waals surface area contributed by atoms with Gasteiger partial charge < -0.3 is 10.6 Å². The number of carbonyl (C=O) groups excluding carboxylic acids is 2. The summed E-state index contributed by atoms with van der Waals surface area (Å²) in [6.45, 7) is 3.28. The number of carbonyl (C=O) groups is 2. The first-order chi connectivity index (χ1) is 10.5. The van der Waals surface area contributed by atoms with Gasteiger partial charge in [0.25, 0.3) is 0 Å². The predicted octanol–water partition coefficient (Wildman–Crippen LogP) is 3.24. The second kappa shape index (κ2) is 7.17. The summed E-state index contributed by atoms with van der Waals surface area (Å²) in [7, 11) is 0. The van der Waals surface area contributed by atoms with Crippen molar-refractivity contribution in [2.24, 2.45) is 0 Å². The third-order valence-corrected chi connectivity index (χ3v) is 2.84. The molecule has 1 heterocycles. The molecule has 0 fully saturated rings. The number of benzene rings is 1. The molecule has 2 rings (SSSR count). The van der Waals surface area contributed by atoms with Crippen molar-refractivity contribution in [3.8, 4) is 0 Å². The van der Waals surface area contributed by atoms with Crippen molar-refractivity contribution in [3.05, 3.63) is 66.1 Å². The Hall–Kier alpha value is -2.95. The summed E-state index contributed by atoms with van der Waals surface area (Å²) < 4.78 is 0. The molecule has 5 heteroatoms. The Morgan fingerprint density at radius 1 is 1.00 bits per heavy atom. The molecule has 112 valence electrons. The van der Waals surface area contributed by atoms with Gasteiger partial charge in [-0.05, 0) is 43.3 Å². The Morgan fingerprint density at radius 3 is 2.18 bits per heavy atom. The van der Waals surface area contributed by atoms with Crippen LogP contribution < -0.4 is 10.6 Å². The Labute approximate surface area is 129 Å². The van der Waals surface area contributed by atoms with Crippen molar-refractivity contribution in [2.75, 3.05) is 10.6 Å². The normalized spacial score (nSPS) is 10.9. The molecule has 0 atom stereocenters. The van der Waals surface area contributed by atoms with E-state index in [0.717, 1.165) is 17.1 Å². The fourth-order valence-corrected chi connectivity index (χ4v) is 1.89. The number of nitrogens with zero attached hydrogens (tertiary/aromatic N) is 1. The summed E-state index contributed by atoms with van der Waals surface area (Å²) in [6, 6.07) is 10.7. The summed E-state index contributed by atoms with van der Waals surface area (Å²) in [5, 5.41) is 5.83. The van der Waals surface area contributed by atoms with Gasteiger partial charge in [0.05, 0.1) is 0 Å². The van der Waals surface area contributed by atoms with Gasteiger partial charge in [0.15, 0.2) is 5.78 Å². The Balaban J connectivity index is 2.02. The van der Waals surface area contributed by atoms with E-state index in [1.54, 1.807) is 30.5 Å². The molecule has 0 saturated heterocycles. The molecule has 0 aliphatic heterocycles. The second-order valence-electron chi connectivity index (χ2n) is 4.82. The fraction of sp³-hybridized carbons (Fsp3) is 0.118. The van der Waals surface area contributed by atoms with Gasteiger partial charge in [-0.1, -0.05) is 0 Å². The van der Waals surface area contributed by atoms with Crippen LogP contribution in [0.3, 0.4) is 0 Å². The van der Waals surface area contributed by atoms with Gasteiger partial charge in [-0.3, -0.25) is 14.6 Å². The van der Waals surface area contributed by atoms with Crippen LogP contribution >= 0.6 is 0 Å². The average Bonchev–Trinajstić information content (AvgIpc) is 2.49. The minimum atomic E-state index is -0.112. The number of amides is 1. The number of ketones is 1. The van der Waals surface area contributed by atoms with Gasteiger partial charge in [0.1, 0.15) is 0 Å². The number of rotatable bonds is 5. The van der Waals surface area contributed by atoms with Gasteiger partial charge >= 0.3 is 0 Å². The monoisotopic (exact) mass is 295 g/mol. The van der Waals surface area contributed by atoms with Crippen molar-refractivity contribution in [2.45, 2.75) is 13.8 Å². The first kappa shape index (κ1) is 15.4. The summed E-state index contributed by atoms with van der Waals surface area (Å²) >= 11 is 0. The minimum absolute atomic E-state index is 0.104. The predicted molar refractivity (Wildman–Crippen MR) is 86.7 cm³/mol. The van der Waals surface area contributed by atoms with E-state index in [1.807, 2.05) is 19.1 Å². The molecule has 2 N–H and O–H groups in total. The van der Waals surface area contributed by atoms with Crippen molar-refractivity contribution >= 4 is 23.1 Å². The highest BCUT2D eigenvalue weighted by Crippen LogP contribution is 2.15. The van der Waals surface area contributed by atoms with Gasteiger partial charge in [0, 0.05) is 48.0 Å². The number of hydrogen-bond acceptors (Lipinski definition) is 4. The number of nitrogens with one attached hydrogen (secondary N) is 2. The summed E-state index contributed by atoms with van der Waals surface area (Å²) in [4.78, 5) is 26.9. The molecule has 0 unspecified atom stereocenters. The largest absolute Gasteiger partial charge is 0.359 e. The van der Waals surface area contributed by atoms with Crippen LogP contribution in [-0.2, 0) is 4.79 Å². The van der Waals surface area contributed by atoms with Gasteiger partial charge in [-0.2, -0.15) is 0 Å². The lowest BCUT2D eigenvalue weighted by atomic mass is 10.1. The highest BCUT2D eigenvalue weighted by molar-refractivity contribution is 6.04. The van der Waals surface area contributed by atoms with Crippen LogP contribution in [0.5, 0.6) is 0 Å². The topological polar surface area (TPSA) is 71.1 Å². The lowest BCUT2D eigenvalue weighted by Gasteiger charge is -2.08. The van der Waals surface area contributed by atoms with Crippen molar-refractivity contribution in [1.82, 2.24) is 4.98 Å². The quantitative estimate of drug-likeness (QED) is 0.656. The fourth-order valence-electron chi connectivity index (χ4n) is 1.89. The van der Waals surface area contributed by atoms with Crippen LogP contribution in [0.15, 0.2) is 60.6 Å². The maximum Gasteiger partial charge on any atom is 0.221 e. The SMILES string of the molecule is CC(=O)Nc1ccc(NC(C)=CC(=O)c2cccnc2)cc1. The van der Waals surface area contributed by atoms with Crippen LogP contribution in [0.1, 0.15) is 24.2 Å². The molecule has 5 nitrogen and oxygen atoms in total. The van der Waals surface area contributed by atoms with Crippen LogP contribution in [0.4, 0.5) is 11.4 Å². The molecule has 0 radical (unpaired) electrons. The standard InChI is InChI=1S/C17H17N3O2/c1-12(10-17(22)14-4-3-9-18-11-14)19-15-5-7-16(8-6-15)20-13(2)21/h3-11,19H,1-2H3,(H,20,21). The van der Waals surface area contributed by atoms with Crippen molar-refractivity contribution in [3.63, 3.8) is 0 Å². The highest BCUT2D eigenvalue weighted by atomic mass is 16.1. The molecule has 0 saturated carbocycles. The zero-order valence-electron chi connectivity index (χ0n) is 12.5. The molecular weight excluding hydrogens is 278 g/mol. The molecule has 0 bridgehead atoms. The van der Waals surface area contributed by atoms with E-state index in [-0.39, 0.29) is 11.7 Å². The van der Waals surface area contributed by atoms with E-state index < -0.39 is 0 Å². The number of pyridine rings is 1. The molecule has 1 aromatic carbocycles. The lowest BCUT2D eigenvalue weighted by Crippen LogP contribution is -2.05. The Kier molecular flexibility index (Phi) is 5.03. The van der Waals surface area contributed by atoms with Crippen LogP contribution in [0.2, 0.25) is 0 Å². The van der Waals surface area contributed by atoms with Crippen molar-refractivity contribution in [1.29, 1.82) is 0 Å². The molecule has 0 aliphatic rings. The van der Waals surface area contributed by atoms with Gasteiger partial charge in [-0.25, -0.2) is 0 Å². The molecule has 22 heavy (non-hydrogen) atoms. The van der Waals surface area contributed by atoms with Crippen LogP contribution in [0.25, 0.3) is 0 Å². The summed E-state index contributed by atoms with van der Waals surface area (Å²) in [6.07, 6.45) is 4.69.